The van der Waals surface area contributed by atoms with E-state index in [0.717, 1.165) is 48.3 Å². The lowest BCUT2D eigenvalue weighted by Gasteiger charge is -2.26. The summed E-state index contributed by atoms with van der Waals surface area (Å²) in [7, 11) is 0. The molecule has 0 atom stereocenters. The topological polar surface area (TPSA) is 3.24 Å². The first kappa shape index (κ1) is 22.1. The average molecular weight is 712 g/mol. The summed E-state index contributed by atoms with van der Waals surface area (Å²) in [6.07, 6.45) is 0. The van der Waals surface area contributed by atoms with Gasteiger partial charge in [-0.15, -0.1) is 0 Å². The molecule has 0 radical (unpaired) electrons. The average Bonchev–Trinajstić information content (AvgIpc) is 3.35. The van der Waals surface area contributed by atoms with E-state index in [1.165, 1.54) is 0 Å². The van der Waals surface area contributed by atoms with Crippen LogP contribution in [0.15, 0.2) is 224 Å². The van der Waals surface area contributed by atoms with Gasteiger partial charge in [-0.2, -0.15) is 0 Å². The van der Waals surface area contributed by atoms with Gasteiger partial charge in [0.1, 0.15) is 0 Å². The van der Waals surface area contributed by atoms with Gasteiger partial charge in [-0.05, 0) is 125 Å². The molecule has 10 rings (SSSR count). The normalized spacial score (nSPS) is 14.3. The highest BCUT2D eigenvalue weighted by atomic mass is 15.1. The van der Waals surface area contributed by atoms with Crippen LogP contribution in [0.1, 0.15) is 16.4 Å². The zero-order valence-corrected chi connectivity index (χ0v) is 29.4. The smallest absolute Gasteiger partial charge is 0.0645 e. The Balaban J connectivity index is 1.22. The molecule has 0 spiro atoms. The van der Waals surface area contributed by atoms with Crippen molar-refractivity contribution in [1.29, 1.82) is 0 Å². The van der Waals surface area contributed by atoms with Crippen molar-refractivity contribution in [2.75, 3.05) is 4.90 Å². The predicted molar refractivity (Wildman–Crippen MR) is 235 cm³/mol. The summed E-state index contributed by atoms with van der Waals surface area (Å²) < 4.78 is 113. The van der Waals surface area contributed by atoms with E-state index in [1.54, 1.807) is 60.7 Å². The van der Waals surface area contributed by atoms with Gasteiger partial charge < -0.3 is 4.90 Å². The van der Waals surface area contributed by atoms with E-state index >= 15 is 0 Å². The SMILES string of the molecule is [2H]c1c([2H])c(N(c2c([2H])c([2H])c(-c3cccc(-c4cccc5ccccc45)c3)c([2H])c2[2H])c2c([2H])c([2H])c(-c3ccc4c(ccc5ccccc54)c3)c([2H])c2[2H])c([2H])c([2H])c1-c1ccccc1. The first-order chi connectivity index (χ1) is 32.3. The molecule has 258 valence electrons. The van der Waals surface area contributed by atoms with Crippen LogP contribution in [0.2, 0.25) is 0 Å². The summed E-state index contributed by atoms with van der Waals surface area (Å²) in [6.45, 7) is 0. The third kappa shape index (κ3) is 6.22. The third-order valence-corrected chi connectivity index (χ3v) is 9.85. The van der Waals surface area contributed by atoms with Crippen LogP contribution in [0.4, 0.5) is 17.1 Å². The van der Waals surface area contributed by atoms with Crippen LogP contribution in [0, 0.1) is 0 Å². The number of hydrogen-bond acceptors (Lipinski definition) is 1. The first-order valence-corrected chi connectivity index (χ1v) is 18.0. The second-order valence-electron chi connectivity index (χ2n) is 13.2. The molecular weight excluding hydrogens is 663 g/mol. The van der Waals surface area contributed by atoms with Crippen molar-refractivity contribution >= 4 is 49.4 Å². The Morgan fingerprint density at radius 3 is 1.40 bits per heavy atom. The molecule has 0 amide bonds. The number of nitrogens with zero attached hydrogens (tertiary/aromatic N) is 1. The largest absolute Gasteiger partial charge is 0.311 e. The van der Waals surface area contributed by atoms with Crippen molar-refractivity contribution in [3.05, 3.63) is 224 Å². The van der Waals surface area contributed by atoms with Crippen LogP contribution in [-0.4, -0.2) is 0 Å². The van der Waals surface area contributed by atoms with E-state index in [-0.39, 0.29) is 16.7 Å². The molecule has 10 aromatic rings. The van der Waals surface area contributed by atoms with Gasteiger partial charge in [0.05, 0.1) is 16.4 Å². The fourth-order valence-electron chi connectivity index (χ4n) is 7.11. The van der Waals surface area contributed by atoms with Crippen molar-refractivity contribution < 1.29 is 16.4 Å². The standard InChI is InChI=1S/C54H37N/c1-2-10-38(11-3-1)39-22-29-48(30-23-39)55(50-33-26-41(27-34-50)45-28-35-54-47(37-45)21-20-43-13-5-7-18-52(43)54)49-31-24-40(25-32-49)44-15-8-16-46(36-44)53-19-9-14-42-12-4-6-17-51(42)53/h1-37H/i22D,23D,24D,25D,26D,27D,29D,30D,31D,32D,33D,34D. The maximum Gasteiger partial charge on any atom is 0.0645 e. The van der Waals surface area contributed by atoms with Crippen molar-refractivity contribution in [1.82, 2.24) is 0 Å². The summed E-state index contributed by atoms with van der Waals surface area (Å²) in [5.74, 6) is 0. The lowest BCUT2D eigenvalue weighted by Crippen LogP contribution is -2.09. The number of hydrogen-bond donors (Lipinski definition) is 0. The fraction of sp³-hybridized carbons (Fsp3) is 0. The van der Waals surface area contributed by atoms with Gasteiger partial charge in [-0.25, -0.2) is 0 Å². The molecule has 0 fully saturated rings. The van der Waals surface area contributed by atoms with Crippen molar-refractivity contribution in [2.24, 2.45) is 0 Å². The van der Waals surface area contributed by atoms with Crippen LogP contribution < -0.4 is 4.90 Å². The molecule has 0 aliphatic heterocycles. The number of rotatable bonds is 7. The van der Waals surface area contributed by atoms with Gasteiger partial charge in [-0.3, -0.25) is 0 Å². The highest BCUT2D eigenvalue weighted by Crippen LogP contribution is 2.39. The molecule has 0 aromatic heterocycles. The minimum atomic E-state index is -0.668. The van der Waals surface area contributed by atoms with E-state index in [4.69, 9.17) is 0 Å². The zero-order valence-electron chi connectivity index (χ0n) is 41.4. The number of fused-ring (bicyclic) bond motifs is 4. The maximum atomic E-state index is 9.60. The molecule has 0 aliphatic rings. The lowest BCUT2D eigenvalue weighted by molar-refractivity contribution is 1.28. The van der Waals surface area contributed by atoms with Crippen LogP contribution in [-0.2, 0) is 0 Å². The van der Waals surface area contributed by atoms with E-state index < -0.39 is 89.6 Å². The lowest BCUT2D eigenvalue weighted by atomic mass is 9.95. The summed E-state index contributed by atoms with van der Waals surface area (Å²) in [4.78, 5) is 0.851. The van der Waals surface area contributed by atoms with Crippen LogP contribution in [0.25, 0.3) is 76.8 Å². The molecule has 1 nitrogen and oxygen atoms in total. The second kappa shape index (κ2) is 14.0. The summed E-state index contributed by atoms with van der Waals surface area (Å²) >= 11 is 0. The Labute approximate surface area is 338 Å². The summed E-state index contributed by atoms with van der Waals surface area (Å²) in [5.41, 5.74) is 0.913. The molecule has 0 aliphatic carbocycles. The van der Waals surface area contributed by atoms with Crippen molar-refractivity contribution in [2.45, 2.75) is 0 Å². The van der Waals surface area contributed by atoms with E-state index in [9.17, 15) is 16.4 Å². The summed E-state index contributed by atoms with van der Waals surface area (Å²) in [6, 6.07) is 39.4. The Hall–Kier alpha value is -7.22. The second-order valence-corrected chi connectivity index (χ2v) is 13.2. The molecular formula is C54H37N. The highest BCUT2D eigenvalue weighted by molar-refractivity contribution is 6.08. The first-order valence-electron chi connectivity index (χ1n) is 24.0. The Bertz CT molecular complexity index is 3590. The molecule has 10 aromatic carbocycles. The van der Waals surface area contributed by atoms with Gasteiger partial charge >= 0.3 is 0 Å². The van der Waals surface area contributed by atoms with Gasteiger partial charge in [0.2, 0.25) is 0 Å². The van der Waals surface area contributed by atoms with E-state index in [1.807, 2.05) is 91.0 Å². The molecule has 0 saturated heterocycles. The minimum absolute atomic E-state index is 0.0423. The minimum Gasteiger partial charge on any atom is -0.311 e. The van der Waals surface area contributed by atoms with Crippen LogP contribution >= 0.6 is 0 Å². The molecule has 0 N–H and O–H groups in total. The molecule has 55 heavy (non-hydrogen) atoms. The highest BCUT2D eigenvalue weighted by Gasteiger charge is 2.15. The van der Waals surface area contributed by atoms with Crippen LogP contribution in [0.5, 0.6) is 0 Å². The fourth-order valence-corrected chi connectivity index (χ4v) is 7.11. The molecule has 0 unspecified atom stereocenters. The number of anilines is 3. The summed E-state index contributed by atoms with van der Waals surface area (Å²) in [5, 5.41) is 5.74. The molecule has 0 heterocycles. The Morgan fingerprint density at radius 2 is 0.727 bits per heavy atom. The van der Waals surface area contributed by atoms with Gasteiger partial charge in [0, 0.05) is 17.1 Å². The van der Waals surface area contributed by atoms with Gasteiger partial charge in [-0.1, -0.05) is 176 Å². The van der Waals surface area contributed by atoms with E-state index in [0.29, 0.717) is 16.7 Å². The maximum absolute atomic E-state index is 9.60. The van der Waals surface area contributed by atoms with Gasteiger partial charge in [0.15, 0.2) is 0 Å². The molecule has 0 bridgehead atoms. The third-order valence-electron chi connectivity index (χ3n) is 9.85. The zero-order chi connectivity index (χ0) is 47.0. The quantitative estimate of drug-likeness (QED) is 0.149. The molecule has 0 saturated carbocycles. The monoisotopic (exact) mass is 711 g/mol. The molecule has 1 heteroatoms. The number of benzene rings is 10. The van der Waals surface area contributed by atoms with E-state index in [2.05, 4.69) is 0 Å². The van der Waals surface area contributed by atoms with Gasteiger partial charge in [0.25, 0.3) is 0 Å². The predicted octanol–water partition coefficient (Wildman–Crippen LogP) is 15.3. The van der Waals surface area contributed by atoms with Crippen LogP contribution in [0.3, 0.4) is 0 Å². The Morgan fingerprint density at radius 1 is 0.273 bits per heavy atom. The Kier molecular flexibility index (Phi) is 5.61. The van der Waals surface area contributed by atoms with Crippen molar-refractivity contribution in [3.8, 4) is 44.5 Å². The van der Waals surface area contributed by atoms with Crippen molar-refractivity contribution in [3.63, 3.8) is 0 Å².